The molecule has 0 saturated carbocycles. The van der Waals surface area contributed by atoms with E-state index in [-0.39, 0.29) is 24.0 Å². The predicted octanol–water partition coefficient (Wildman–Crippen LogP) is 5.18. The minimum absolute atomic E-state index is 0.0519. The molecule has 1 aromatic heterocycles. The molecular weight excluding hydrogens is 787 g/mol. The van der Waals surface area contributed by atoms with E-state index in [0.29, 0.717) is 58.3 Å². The summed E-state index contributed by atoms with van der Waals surface area (Å²) >= 11 is 1.85. The van der Waals surface area contributed by atoms with Crippen LogP contribution in [0.4, 0.5) is 0 Å². The lowest BCUT2D eigenvalue weighted by Crippen LogP contribution is -2.59. The van der Waals surface area contributed by atoms with Gasteiger partial charge in [-0.1, -0.05) is 39.8 Å². The number of hydrogen-bond acceptors (Lipinski definition) is 14. The van der Waals surface area contributed by atoms with Crippen molar-refractivity contribution in [2.24, 2.45) is 17.8 Å². The van der Waals surface area contributed by atoms with E-state index in [1.54, 1.807) is 13.8 Å². The van der Waals surface area contributed by atoms with Gasteiger partial charge in [-0.2, -0.15) is 0 Å². The van der Waals surface area contributed by atoms with Crippen molar-refractivity contribution < 1.29 is 44.2 Å². The highest BCUT2D eigenvalue weighted by atomic mass is 32.2. The summed E-state index contributed by atoms with van der Waals surface area (Å²) in [6, 6.07) is 7.47. The summed E-state index contributed by atoms with van der Waals surface area (Å²) in [6.45, 7) is 19.2. The summed E-state index contributed by atoms with van der Waals surface area (Å²) in [6.07, 6.45) is 0.871. The van der Waals surface area contributed by atoms with Crippen LogP contribution < -0.4 is 4.74 Å². The molecule has 0 amide bonds. The molecule has 3 heterocycles. The summed E-state index contributed by atoms with van der Waals surface area (Å²) < 4.78 is 26.7. The molecule has 60 heavy (non-hydrogen) atoms. The summed E-state index contributed by atoms with van der Waals surface area (Å²) in [5.41, 5.74) is -2.21. The molecule has 0 bridgehead atoms. The van der Waals surface area contributed by atoms with Crippen molar-refractivity contribution in [2.75, 3.05) is 39.5 Å². The van der Waals surface area contributed by atoms with Crippen LogP contribution in [0.15, 0.2) is 35.4 Å². The second-order valence-corrected chi connectivity index (χ2v) is 19.5. The van der Waals surface area contributed by atoms with E-state index in [0.717, 1.165) is 30.0 Å². The Bertz CT molecular complexity index is 1580. The topological polar surface area (TPSA) is 172 Å². The van der Waals surface area contributed by atoms with Crippen LogP contribution in [0.2, 0.25) is 0 Å². The van der Waals surface area contributed by atoms with E-state index >= 15 is 0 Å². The standard InChI is InChI=1S/C45H77N5O9S/c1-12-23-60-36-17-15-35(16-18-36)56-22-14-20-50-28-34(46-47-50)19-21-48(10)37-25-32(6)57-43(39(37)51)59-41-30(4)24-31(5)42(53)58-38(13-2)45(9,55)40(52)33(7)49(11)27-29(3)26-44(41,8)54/h15-18,28-33,37-41,43,51-52,54-55H,12-14,19-27H2,1-11H3/t29-,30+,31-,32-,33-,37+,38-,39-,40-,41-,43+,44-,45-/m1/s1. The Morgan fingerprint density at radius 3 is 2.42 bits per heavy atom. The van der Waals surface area contributed by atoms with Crippen LogP contribution in [0.25, 0.3) is 0 Å². The average Bonchev–Trinajstić information content (AvgIpc) is 3.66. The fourth-order valence-electron chi connectivity index (χ4n) is 9.02. The number of esters is 1. The number of thioether (sulfide) groups is 1. The van der Waals surface area contributed by atoms with Crippen molar-refractivity contribution in [3.05, 3.63) is 36.2 Å². The number of benzene rings is 1. The first kappa shape index (κ1) is 50.3. The van der Waals surface area contributed by atoms with Gasteiger partial charge in [-0.05, 0) is 116 Å². The number of carbonyl (C=O) groups is 1. The highest BCUT2D eigenvalue weighted by Gasteiger charge is 2.48. The van der Waals surface area contributed by atoms with Crippen LogP contribution in [0.3, 0.4) is 0 Å². The summed E-state index contributed by atoms with van der Waals surface area (Å²) in [7, 11) is 3.85. The molecule has 4 rings (SSSR count). The highest BCUT2D eigenvalue weighted by Crippen LogP contribution is 2.36. The number of ether oxygens (including phenoxy) is 4. The maximum absolute atomic E-state index is 13.5. The van der Waals surface area contributed by atoms with Crippen molar-refractivity contribution in [3.8, 4) is 5.75 Å². The molecule has 13 atom stereocenters. The maximum Gasteiger partial charge on any atom is 0.309 e. The molecule has 14 nitrogen and oxygen atoms in total. The zero-order valence-corrected chi connectivity index (χ0v) is 39.0. The van der Waals surface area contributed by atoms with Gasteiger partial charge in [0, 0.05) is 55.7 Å². The van der Waals surface area contributed by atoms with Gasteiger partial charge < -0.3 is 49.2 Å². The van der Waals surface area contributed by atoms with Crippen molar-refractivity contribution >= 4 is 17.7 Å². The van der Waals surface area contributed by atoms with Crippen molar-refractivity contribution in [1.29, 1.82) is 0 Å². The van der Waals surface area contributed by atoms with E-state index in [9.17, 15) is 25.2 Å². The largest absolute Gasteiger partial charge is 0.494 e. The molecule has 0 aliphatic carbocycles. The van der Waals surface area contributed by atoms with Crippen molar-refractivity contribution in [2.45, 2.75) is 179 Å². The van der Waals surface area contributed by atoms with Crippen LogP contribution >= 0.6 is 11.8 Å². The number of aryl methyl sites for hydroxylation is 1. The molecule has 2 fully saturated rings. The predicted molar refractivity (Wildman–Crippen MR) is 234 cm³/mol. The molecule has 2 aromatic rings. The summed E-state index contributed by atoms with van der Waals surface area (Å²) in [5.74, 6) is 0.451. The number of likely N-dealkylation sites (N-methyl/N-ethyl adjacent to an activating group) is 2. The van der Waals surface area contributed by atoms with Gasteiger partial charge in [0.2, 0.25) is 0 Å². The van der Waals surface area contributed by atoms with Gasteiger partial charge >= 0.3 is 5.97 Å². The van der Waals surface area contributed by atoms with Gasteiger partial charge in [0.1, 0.15) is 29.7 Å². The van der Waals surface area contributed by atoms with Gasteiger partial charge in [0.05, 0.1) is 36.0 Å². The zero-order chi connectivity index (χ0) is 44.4. The van der Waals surface area contributed by atoms with Crippen LogP contribution in [-0.4, -0.2) is 151 Å². The second-order valence-electron chi connectivity index (χ2n) is 18.4. The minimum Gasteiger partial charge on any atom is -0.494 e. The molecule has 2 aliphatic heterocycles. The third kappa shape index (κ3) is 13.8. The molecule has 15 heteroatoms. The van der Waals surface area contributed by atoms with E-state index in [1.165, 1.54) is 11.8 Å². The first-order valence-electron chi connectivity index (χ1n) is 22.2. The number of hydrogen-bond donors (Lipinski definition) is 4. The van der Waals surface area contributed by atoms with Crippen LogP contribution in [-0.2, 0) is 32.0 Å². The van der Waals surface area contributed by atoms with Crippen LogP contribution in [0.5, 0.6) is 5.75 Å². The normalized spacial score (nSPS) is 35.5. The SMILES string of the molecule is CCCSc1ccc(OCCCn2cc(CCN(C)[C@H]3C[C@@H](C)O[C@@H](O[C@@H]4[C@@H](C)C[C@@H](C)C(=O)O[C@H](CC)[C@@](C)(O)[C@H](O)[C@@H](C)N(C)C[C@H](C)C[C@@]4(C)O)[C@@H]3O)nn2)cc1. The molecule has 342 valence electrons. The fourth-order valence-corrected chi connectivity index (χ4v) is 9.79. The van der Waals surface area contributed by atoms with Gasteiger partial charge in [-0.25, -0.2) is 0 Å². The Kier molecular flexibility index (Phi) is 19.2. The fraction of sp³-hybridized carbons (Fsp3) is 0.800. The van der Waals surface area contributed by atoms with Gasteiger partial charge in [-0.15, -0.1) is 16.9 Å². The minimum atomic E-state index is -1.69. The lowest BCUT2D eigenvalue weighted by Gasteiger charge is -2.46. The molecule has 2 aliphatic rings. The number of aliphatic hydroxyl groups excluding tert-OH is 2. The van der Waals surface area contributed by atoms with E-state index in [2.05, 4.69) is 34.3 Å². The molecule has 1 aromatic carbocycles. The zero-order valence-electron chi connectivity index (χ0n) is 38.2. The first-order valence-corrected chi connectivity index (χ1v) is 23.2. The maximum atomic E-state index is 13.5. The van der Waals surface area contributed by atoms with E-state index in [1.807, 2.05) is 88.4 Å². The molecule has 2 saturated heterocycles. The van der Waals surface area contributed by atoms with Gasteiger partial charge in [0.25, 0.3) is 0 Å². The molecule has 4 N–H and O–H groups in total. The number of aromatic nitrogens is 3. The molecule has 0 unspecified atom stereocenters. The van der Waals surface area contributed by atoms with Gasteiger partial charge in [0.15, 0.2) is 6.29 Å². The van der Waals surface area contributed by atoms with Crippen molar-refractivity contribution in [1.82, 2.24) is 24.8 Å². The lowest BCUT2D eigenvalue weighted by molar-refractivity contribution is -0.296. The number of aliphatic hydroxyl groups is 4. The smallest absolute Gasteiger partial charge is 0.309 e. The third-order valence-corrected chi connectivity index (χ3v) is 13.7. The summed E-state index contributed by atoms with van der Waals surface area (Å²) in [5, 5.41) is 55.7. The van der Waals surface area contributed by atoms with E-state index < -0.39 is 59.8 Å². The average molecular weight is 864 g/mol. The number of rotatable bonds is 15. The van der Waals surface area contributed by atoms with Crippen LogP contribution in [0, 0.1) is 17.8 Å². The Hall–Kier alpha value is -2.34. The Balaban J connectivity index is 1.39. The van der Waals surface area contributed by atoms with Crippen molar-refractivity contribution in [3.63, 3.8) is 0 Å². The lowest BCUT2D eigenvalue weighted by atomic mass is 9.79. The second kappa shape index (κ2) is 22.8. The molecule has 0 radical (unpaired) electrons. The number of carbonyl (C=O) groups excluding carboxylic acids is 1. The highest BCUT2D eigenvalue weighted by molar-refractivity contribution is 7.99. The Morgan fingerprint density at radius 2 is 1.75 bits per heavy atom. The summed E-state index contributed by atoms with van der Waals surface area (Å²) in [4.78, 5) is 18.8. The van der Waals surface area contributed by atoms with Crippen LogP contribution in [0.1, 0.15) is 107 Å². The molecular formula is C45H77N5O9S. The number of cyclic esters (lactones) is 1. The molecule has 0 spiro atoms. The third-order valence-electron chi connectivity index (χ3n) is 12.5. The quantitative estimate of drug-likeness (QED) is 0.105. The first-order chi connectivity index (χ1) is 28.3. The Morgan fingerprint density at radius 1 is 1.05 bits per heavy atom. The van der Waals surface area contributed by atoms with Gasteiger partial charge in [-0.3, -0.25) is 9.48 Å². The number of nitrogens with zero attached hydrogens (tertiary/aromatic N) is 5. The Labute approximate surface area is 363 Å². The monoisotopic (exact) mass is 864 g/mol. The van der Waals surface area contributed by atoms with E-state index in [4.69, 9.17) is 18.9 Å².